The number of aromatic amines is 1. The van der Waals surface area contributed by atoms with Gasteiger partial charge in [0.15, 0.2) is 0 Å². The maximum atomic E-state index is 12.2. The maximum Gasteiger partial charge on any atom is 0.326 e. The summed E-state index contributed by atoms with van der Waals surface area (Å²) in [5.74, 6) is -4.38. The second-order valence-electron chi connectivity index (χ2n) is 6.79. The zero-order chi connectivity index (χ0) is 23.0. The zero-order valence-corrected chi connectivity index (χ0v) is 16.5. The first-order chi connectivity index (χ1) is 14.7. The van der Waals surface area contributed by atoms with Crippen molar-refractivity contribution in [3.8, 4) is 0 Å². The highest BCUT2D eigenvalue weighted by Gasteiger charge is 2.22. The molecule has 0 radical (unpaired) electrons. The highest BCUT2D eigenvalue weighted by atomic mass is 16.4. The molecule has 0 saturated carbocycles. The first-order valence-electron chi connectivity index (χ1n) is 9.32. The van der Waals surface area contributed by atoms with Gasteiger partial charge in [0.2, 0.25) is 23.6 Å². The van der Waals surface area contributed by atoms with Crippen LogP contribution in [0.15, 0.2) is 30.5 Å². The Hall–Kier alpha value is -3.93. The highest BCUT2D eigenvalue weighted by molar-refractivity contribution is 5.92. The smallest absolute Gasteiger partial charge is 0.326 e. The molecule has 4 amide bonds. The summed E-state index contributed by atoms with van der Waals surface area (Å²) < 4.78 is 0. The van der Waals surface area contributed by atoms with Crippen LogP contribution in [0.1, 0.15) is 12.0 Å². The SMILES string of the molecule is NC(=O)CC(NC(=O)CNC(=O)CNC(=O)C(N)Cc1c[nH]c2ccccc12)C(=O)O. The zero-order valence-electron chi connectivity index (χ0n) is 16.5. The van der Waals surface area contributed by atoms with E-state index in [2.05, 4.69) is 20.9 Å². The van der Waals surface area contributed by atoms with E-state index in [0.717, 1.165) is 16.5 Å². The van der Waals surface area contributed by atoms with Crippen LogP contribution in [-0.4, -0.2) is 64.9 Å². The Balaban J connectivity index is 1.74. The van der Waals surface area contributed by atoms with Gasteiger partial charge in [-0.2, -0.15) is 0 Å². The summed E-state index contributed by atoms with van der Waals surface area (Å²) in [7, 11) is 0. The number of hydrogen-bond donors (Lipinski definition) is 7. The van der Waals surface area contributed by atoms with Gasteiger partial charge in [-0.1, -0.05) is 18.2 Å². The molecule has 0 aliphatic carbocycles. The van der Waals surface area contributed by atoms with Crippen LogP contribution in [0.25, 0.3) is 10.9 Å². The summed E-state index contributed by atoms with van der Waals surface area (Å²) >= 11 is 0. The van der Waals surface area contributed by atoms with Gasteiger partial charge in [0.1, 0.15) is 6.04 Å². The number of benzene rings is 1. The molecule has 31 heavy (non-hydrogen) atoms. The highest BCUT2D eigenvalue weighted by Crippen LogP contribution is 2.18. The third kappa shape index (κ3) is 7.12. The molecule has 166 valence electrons. The molecule has 0 aliphatic heterocycles. The van der Waals surface area contributed by atoms with Gasteiger partial charge in [0.25, 0.3) is 0 Å². The number of primary amides is 1. The van der Waals surface area contributed by atoms with Crippen molar-refractivity contribution in [2.24, 2.45) is 11.5 Å². The Morgan fingerprint density at radius 2 is 1.71 bits per heavy atom. The minimum absolute atomic E-state index is 0.260. The van der Waals surface area contributed by atoms with Gasteiger partial charge < -0.3 is 37.5 Å². The summed E-state index contributed by atoms with van der Waals surface area (Å²) in [6.45, 7) is -0.962. The van der Waals surface area contributed by atoms with Crippen molar-refractivity contribution >= 4 is 40.5 Å². The molecule has 0 saturated heterocycles. The molecule has 0 bridgehead atoms. The summed E-state index contributed by atoms with van der Waals surface area (Å²) in [4.78, 5) is 60.6. The molecule has 9 N–H and O–H groups in total. The average molecular weight is 432 g/mol. The summed E-state index contributed by atoms with van der Waals surface area (Å²) in [5.41, 5.74) is 12.6. The van der Waals surface area contributed by atoms with E-state index in [4.69, 9.17) is 16.6 Å². The molecule has 2 aromatic rings. The van der Waals surface area contributed by atoms with Crippen molar-refractivity contribution < 1.29 is 29.1 Å². The van der Waals surface area contributed by atoms with Gasteiger partial charge in [-0.05, 0) is 18.1 Å². The van der Waals surface area contributed by atoms with Gasteiger partial charge >= 0.3 is 5.97 Å². The van der Waals surface area contributed by atoms with Gasteiger partial charge in [-0.3, -0.25) is 19.2 Å². The fourth-order valence-corrected chi connectivity index (χ4v) is 2.82. The number of aromatic nitrogens is 1. The van der Waals surface area contributed by atoms with Gasteiger partial charge in [-0.25, -0.2) is 4.79 Å². The second-order valence-corrected chi connectivity index (χ2v) is 6.79. The summed E-state index contributed by atoms with van der Waals surface area (Å²) in [6, 6.07) is 5.18. The molecule has 0 spiro atoms. The van der Waals surface area contributed by atoms with Crippen LogP contribution in [0, 0.1) is 0 Å². The number of hydrogen-bond acceptors (Lipinski definition) is 6. The van der Waals surface area contributed by atoms with E-state index in [-0.39, 0.29) is 6.42 Å². The predicted molar refractivity (Wildman–Crippen MR) is 109 cm³/mol. The maximum absolute atomic E-state index is 12.2. The number of amides is 4. The molecule has 0 aliphatic rings. The molecular weight excluding hydrogens is 408 g/mol. The quantitative estimate of drug-likeness (QED) is 0.206. The standard InChI is InChI=1S/C19H24N6O6/c20-12(5-10-7-22-13-4-2-1-3-11(10)13)18(29)24-8-16(27)23-9-17(28)25-14(19(30)31)6-15(21)26/h1-4,7,12,14,22H,5-6,8-9,20H2,(H2,21,26)(H,23,27)(H,24,29)(H,25,28)(H,30,31). The Morgan fingerprint density at radius 3 is 2.39 bits per heavy atom. The monoisotopic (exact) mass is 432 g/mol. The van der Waals surface area contributed by atoms with E-state index in [0.29, 0.717) is 0 Å². The van der Waals surface area contributed by atoms with Crippen molar-refractivity contribution in [1.82, 2.24) is 20.9 Å². The van der Waals surface area contributed by atoms with E-state index in [1.165, 1.54) is 0 Å². The lowest BCUT2D eigenvalue weighted by Gasteiger charge is -2.14. The van der Waals surface area contributed by atoms with Crippen LogP contribution in [0.4, 0.5) is 0 Å². The number of rotatable bonds is 11. The van der Waals surface area contributed by atoms with Crippen molar-refractivity contribution in [3.05, 3.63) is 36.0 Å². The van der Waals surface area contributed by atoms with Crippen molar-refractivity contribution in [1.29, 1.82) is 0 Å². The molecule has 2 unspecified atom stereocenters. The second kappa shape index (κ2) is 10.7. The van der Waals surface area contributed by atoms with Crippen LogP contribution in [0.3, 0.4) is 0 Å². The number of para-hydroxylation sites is 1. The number of carbonyl (C=O) groups is 5. The minimum atomic E-state index is -1.50. The molecule has 1 heterocycles. The number of fused-ring (bicyclic) bond motifs is 1. The molecule has 1 aromatic carbocycles. The predicted octanol–water partition coefficient (Wildman–Crippen LogP) is -2.29. The fraction of sp³-hybridized carbons (Fsp3) is 0.316. The van der Waals surface area contributed by atoms with Crippen LogP contribution in [0.2, 0.25) is 0 Å². The molecule has 2 rings (SSSR count). The summed E-state index contributed by atoms with van der Waals surface area (Å²) in [5, 5.41) is 16.5. The topological polar surface area (TPSA) is 209 Å². The third-order valence-electron chi connectivity index (χ3n) is 4.36. The molecule has 12 nitrogen and oxygen atoms in total. The van der Waals surface area contributed by atoms with Gasteiger partial charge in [0, 0.05) is 17.1 Å². The average Bonchev–Trinajstić information content (AvgIpc) is 3.12. The van der Waals surface area contributed by atoms with E-state index in [1.54, 1.807) is 6.20 Å². The third-order valence-corrected chi connectivity index (χ3v) is 4.36. The van der Waals surface area contributed by atoms with Crippen LogP contribution >= 0.6 is 0 Å². The van der Waals surface area contributed by atoms with Crippen LogP contribution in [0.5, 0.6) is 0 Å². The largest absolute Gasteiger partial charge is 0.480 e. The van der Waals surface area contributed by atoms with Gasteiger partial charge in [0.05, 0.1) is 25.6 Å². The van der Waals surface area contributed by atoms with Gasteiger partial charge in [-0.15, -0.1) is 0 Å². The van der Waals surface area contributed by atoms with Crippen molar-refractivity contribution in [2.45, 2.75) is 24.9 Å². The first kappa shape index (κ1) is 23.3. The van der Waals surface area contributed by atoms with Crippen molar-refractivity contribution in [2.75, 3.05) is 13.1 Å². The molecule has 2 atom stereocenters. The number of carboxylic acid groups (broad SMARTS) is 1. The Labute approximate surface area is 176 Å². The number of carboxylic acids is 1. The Bertz CT molecular complexity index is 987. The van der Waals surface area contributed by atoms with E-state index >= 15 is 0 Å². The Morgan fingerprint density at radius 1 is 1.03 bits per heavy atom. The molecule has 1 aromatic heterocycles. The fourth-order valence-electron chi connectivity index (χ4n) is 2.82. The number of H-pyrrole nitrogens is 1. The molecular formula is C19H24N6O6. The van der Waals surface area contributed by atoms with Crippen LogP contribution in [-0.2, 0) is 30.4 Å². The minimum Gasteiger partial charge on any atom is -0.480 e. The molecule has 0 fully saturated rings. The van der Waals surface area contributed by atoms with Crippen molar-refractivity contribution in [3.63, 3.8) is 0 Å². The van der Waals surface area contributed by atoms with E-state index in [9.17, 15) is 24.0 Å². The first-order valence-corrected chi connectivity index (χ1v) is 9.32. The molecule has 12 heteroatoms. The lowest BCUT2D eigenvalue weighted by molar-refractivity contribution is -0.143. The van der Waals surface area contributed by atoms with Crippen LogP contribution < -0.4 is 27.4 Å². The normalized spacial score (nSPS) is 12.5. The van der Waals surface area contributed by atoms with E-state index in [1.807, 2.05) is 24.3 Å². The summed E-state index contributed by atoms with van der Waals surface area (Å²) in [6.07, 6.45) is 1.45. The number of aliphatic carboxylic acids is 1. The number of carbonyl (C=O) groups excluding carboxylic acids is 4. The Kier molecular flexibility index (Phi) is 8.09. The lowest BCUT2D eigenvalue weighted by atomic mass is 10.1. The number of nitrogens with two attached hydrogens (primary N) is 2. The van der Waals surface area contributed by atoms with E-state index < -0.39 is 61.2 Å². The number of nitrogens with one attached hydrogen (secondary N) is 4. The lowest BCUT2D eigenvalue weighted by Crippen LogP contribution is -2.49.